The number of ether oxygens (including phenoxy) is 1. The van der Waals surface area contributed by atoms with E-state index in [0.29, 0.717) is 27.8 Å². The second-order valence-corrected chi connectivity index (χ2v) is 6.81. The minimum atomic E-state index is -0.481. The molecule has 3 aromatic carbocycles. The average Bonchev–Trinajstić information content (AvgIpc) is 2.69. The molecule has 0 radical (unpaired) electrons. The molecule has 4 nitrogen and oxygen atoms in total. The fourth-order valence-corrected chi connectivity index (χ4v) is 3.01. The second-order valence-electron chi connectivity index (χ2n) is 5.90. The maximum atomic E-state index is 12.7. The fourth-order valence-electron chi connectivity index (χ4n) is 2.74. The van der Waals surface area contributed by atoms with Gasteiger partial charge in [-0.1, -0.05) is 46.3 Å². The third kappa shape index (κ3) is 3.55. The van der Waals surface area contributed by atoms with Crippen molar-refractivity contribution in [2.24, 2.45) is 0 Å². The third-order valence-corrected chi connectivity index (χ3v) is 4.65. The molecular formula is C22H13BrO4. The van der Waals surface area contributed by atoms with Crippen molar-refractivity contribution >= 4 is 32.9 Å². The van der Waals surface area contributed by atoms with Crippen LogP contribution >= 0.6 is 15.9 Å². The molecular weight excluding hydrogens is 408 g/mol. The highest BCUT2D eigenvalue weighted by molar-refractivity contribution is 9.10. The van der Waals surface area contributed by atoms with Crippen molar-refractivity contribution in [1.29, 1.82) is 0 Å². The lowest BCUT2D eigenvalue weighted by atomic mass is 10.1. The molecule has 0 bridgehead atoms. The third-order valence-electron chi connectivity index (χ3n) is 4.12. The molecule has 0 fully saturated rings. The van der Waals surface area contributed by atoms with Crippen LogP contribution in [-0.4, -0.2) is 5.97 Å². The average molecular weight is 421 g/mol. The van der Waals surface area contributed by atoms with Gasteiger partial charge in [0.25, 0.3) is 0 Å². The Morgan fingerprint density at radius 3 is 2.41 bits per heavy atom. The fraction of sp³-hybridized carbons (Fsp3) is 0. The van der Waals surface area contributed by atoms with E-state index in [1.807, 2.05) is 30.3 Å². The van der Waals surface area contributed by atoms with E-state index >= 15 is 0 Å². The Morgan fingerprint density at radius 2 is 1.67 bits per heavy atom. The maximum absolute atomic E-state index is 12.7. The quantitative estimate of drug-likeness (QED) is 0.327. The second kappa shape index (κ2) is 7.21. The van der Waals surface area contributed by atoms with E-state index in [1.165, 1.54) is 6.26 Å². The van der Waals surface area contributed by atoms with Crippen LogP contribution in [0.4, 0.5) is 0 Å². The van der Waals surface area contributed by atoms with E-state index in [1.54, 1.807) is 42.5 Å². The molecule has 0 unspecified atom stereocenters. The SMILES string of the molecule is O=C(Oc1ccc2c(=O)c(-c3ccccc3)coc2c1)c1ccc(Br)cc1. The van der Waals surface area contributed by atoms with Gasteiger partial charge in [0.2, 0.25) is 0 Å². The summed E-state index contributed by atoms with van der Waals surface area (Å²) in [6.07, 6.45) is 1.43. The van der Waals surface area contributed by atoms with E-state index in [-0.39, 0.29) is 5.43 Å². The Morgan fingerprint density at radius 1 is 0.926 bits per heavy atom. The number of benzene rings is 3. The van der Waals surface area contributed by atoms with Crippen LogP contribution in [0.25, 0.3) is 22.1 Å². The predicted octanol–water partition coefficient (Wildman–Crippen LogP) is 5.44. The number of hydrogen-bond donors (Lipinski definition) is 0. The van der Waals surface area contributed by atoms with Gasteiger partial charge in [0, 0.05) is 10.5 Å². The van der Waals surface area contributed by atoms with Gasteiger partial charge in [0.05, 0.1) is 16.5 Å². The molecule has 1 heterocycles. The first-order chi connectivity index (χ1) is 13.1. The van der Waals surface area contributed by atoms with Gasteiger partial charge in [-0.25, -0.2) is 4.79 Å². The number of rotatable bonds is 3. The zero-order valence-corrected chi connectivity index (χ0v) is 15.6. The highest BCUT2D eigenvalue weighted by atomic mass is 79.9. The van der Waals surface area contributed by atoms with Crippen LogP contribution in [0.1, 0.15) is 10.4 Å². The van der Waals surface area contributed by atoms with Crippen LogP contribution in [0.5, 0.6) is 5.75 Å². The summed E-state index contributed by atoms with van der Waals surface area (Å²) in [6.45, 7) is 0. The minimum Gasteiger partial charge on any atom is -0.463 e. The molecule has 0 aliphatic carbocycles. The molecule has 27 heavy (non-hydrogen) atoms. The number of carbonyl (C=O) groups excluding carboxylic acids is 1. The van der Waals surface area contributed by atoms with E-state index < -0.39 is 5.97 Å². The van der Waals surface area contributed by atoms with E-state index in [0.717, 1.165) is 10.0 Å². The topological polar surface area (TPSA) is 56.5 Å². The van der Waals surface area contributed by atoms with Gasteiger partial charge in [-0.2, -0.15) is 0 Å². The highest BCUT2D eigenvalue weighted by Gasteiger charge is 2.12. The molecule has 0 spiro atoms. The van der Waals surface area contributed by atoms with Gasteiger partial charge in [-0.15, -0.1) is 0 Å². The largest absolute Gasteiger partial charge is 0.463 e. The van der Waals surface area contributed by atoms with E-state index in [9.17, 15) is 9.59 Å². The van der Waals surface area contributed by atoms with Crippen LogP contribution in [0.15, 0.2) is 92.7 Å². The Labute approximate surface area is 163 Å². The first-order valence-electron chi connectivity index (χ1n) is 8.20. The van der Waals surface area contributed by atoms with E-state index in [2.05, 4.69) is 15.9 Å². The van der Waals surface area contributed by atoms with Gasteiger partial charge in [-0.05, 0) is 42.0 Å². The molecule has 0 atom stereocenters. The smallest absolute Gasteiger partial charge is 0.343 e. The number of halogens is 1. The summed E-state index contributed by atoms with van der Waals surface area (Å²) >= 11 is 3.32. The summed E-state index contributed by atoms with van der Waals surface area (Å²) in [7, 11) is 0. The number of fused-ring (bicyclic) bond motifs is 1. The first kappa shape index (κ1) is 17.2. The minimum absolute atomic E-state index is 0.131. The van der Waals surface area contributed by atoms with Crippen molar-refractivity contribution < 1.29 is 13.9 Å². The van der Waals surface area contributed by atoms with Gasteiger partial charge in [-0.3, -0.25) is 4.79 Å². The highest BCUT2D eigenvalue weighted by Crippen LogP contribution is 2.23. The summed E-state index contributed by atoms with van der Waals surface area (Å²) < 4.78 is 11.9. The van der Waals surface area contributed by atoms with Crippen LogP contribution in [0, 0.1) is 0 Å². The molecule has 0 saturated heterocycles. The van der Waals surface area contributed by atoms with Crippen LogP contribution in [0.2, 0.25) is 0 Å². The summed E-state index contributed by atoms with van der Waals surface area (Å²) in [6, 6.07) is 20.9. The first-order valence-corrected chi connectivity index (χ1v) is 9.00. The molecule has 5 heteroatoms. The van der Waals surface area contributed by atoms with Crippen molar-refractivity contribution in [1.82, 2.24) is 0 Å². The normalized spacial score (nSPS) is 10.7. The molecule has 0 N–H and O–H groups in total. The standard InChI is InChI=1S/C22H13BrO4/c23-16-8-6-15(7-9-16)22(25)27-17-10-11-18-20(12-17)26-13-19(21(18)24)14-4-2-1-3-5-14/h1-13H. The molecule has 1 aromatic heterocycles. The molecule has 0 amide bonds. The molecule has 0 aliphatic heterocycles. The van der Waals surface area contributed by atoms with E-state index in [4.69, 9.17) is 9.15 Å². The number of esters is 1. The zero-order chi connectivity index (χ0) is 18.8. The van der Waals surface area contributed by atoms with Crippen LogP contribution in [-0.2, 0) is 0 Å². The van der Waals surface area contributed by atoms with Crippen LogP contribution in [0.3, 0.4) is 0 Å². The predicted molar refractivity (Wildman–Crippen MR) is 107 cm³/mol. The molecule has 4 aromatic rings. The Hall–Kier alpha value is -3.18. The Kier molecular flexibility index (Phi) is 4.60. The summed E-state index contributed by atoms with van der Waals surface area (Å²) in [5, 5.41) is 0.430. The molecule has 132 valence electrons. The maximum Gasteiger partial charge on any atom is 0.343 e. The zero-order valence-electron chi connectivity index (χ0n) is 14.0. The van der Waals surface area contributed by atoms with Crippen molar-refractivity contribution in [2.45, 2.75) is 0 Å². The number of hydrogen-bond acceptors (Lipinski definition) is 4. The molecule has 4 rings (SSSR count). The van der Waals surface area contributed by atoms with Gasteiger partial charge in [0.1, 0.15) is 17.6 Å². The van der Waals surface area contributed by atoms with Gasteiger partial charge in [0.15, 0.2) is 5.43 Å². The van der Waals surface area contributed by atoms with Crippen molar-refractivity contribution in [3.8, 4) is 16.9 Å². The summed E-state index contributed by atoms with van der Waals surface area (Å²) in [5.74, 6) is -0.170. The summed E-state index contributed by atoms with van der Waals surface area (Å²) in [4.78, 5) is 25.0. The number of carbonyl (C=O) groups is 1. The Bertz CT molecular complexity index is 1180. The Balaban J connectivity index is 1.66. The van der Waals surface area contributed by atoms with Crippen molar-refractivity contribution in [2.75, 3.05) is 0 Å². The molecule has 0 aliphatic rings. The van der Waals surface area contributed by atoms with Crippen molar-refractivity contribution in [3.05, 3.63) is 99.3 Å². The van der Waals surface area contributed by atoms with Gasteiger partial charge >= 0.3 is 5.97 Å². The van der Waals surface area contributed by atoms with Crippen LogP contribution < -0.4 is 10.2 Å². The lowest BCUT2D eigenvalue weighted by Crippen LogP contribution is -2.09. The lowest BCUT2D eigenvalue weighted by Gasteiger charge is -2.06. The van der Waals surface area contributed by atoms with Gasteiger partial charge < -0.3 is 9.15 Å². The van der Waals surface area contributed by atoms with Crippen molar-refractivity contribution in [3.63, 3.8) is 0 Å². The molecule has 0 saturated carbocycles. The monoisotopic (exact) mass is 420 g/mol. The lowest BCUT2D eigenvalue weighted by molar-refractivity contribution is 0.0735. The summed E-state index contributed by atoms with van der Waals surface area (Å²) in [5.41, 5.74) is 1.94.